The maximum absolute atomic E-state index is 13.7. The summed E-state index contributed by atoms with van der Waals surface area (Å²) in [7, 11) is 0. The monoisotopic (exact) mass is 350 g/mol. The number of hydrogen-bond acceptors (Lipinski definition) is 5. The molecule has 25 heavy (non-hydrogen) atoms. The van der Waals surface area contributed by atoms with E-state index in [1.165, 1.54) is 6.08 Å². The molecule has 4 rings (SSSR count). The Morgan fingerprint density at radius 3 is 2.88 bits per heavy atom. The van der Waals surface area contributed by atoms with Gasteiger partial charge in [0, 0.05) is 32.2 Å². The number of aromatic nitrogens is 2. The van der Waals surface area contributed by atoms with E-state index in [0.29, 0.717) is 51.6 Å². The number of carbonyl (C=O) groups is 1. The highest BCUT2D eigenvalue weighted by Gasteiger charge is 2.55. The molecule has 1 aromatic rings. The highest BCUT2D eigenvalue weighted by Crippen LogP contribution is 2.44. The van der Waals surface area contributed by atoms with E-state index in [9.17, 15) is 13.6 Å². The molecule has 0 aliphatic carbocycles. The van der Waals surface area contributed by atoms with E-state index in [2.05, 4.69) is 9.97 Å². The summed E-state index contributed by atoms with van der Waals surface area (Å²) in [6, 6.07) is 0. The van der Waals surface area contributed by atoms with Gasteiger partial charge in [-0.2, -0.15) is 0 Å². The molecule has 0 aromatic carbocycles. The van der Waals surface area contributed by atoms with Crippen LogP contribution in [0.2, 0.25) is 0 Å². The molecular formula is C17H20F2N4O2. The second-order valence-electron chi connectivity index (χ2n) is 6.93. The maximum Gasteiger partial charge on any atom is 0.231 e. The van der Waals surface area contributed by atoms with E-state index in [4.69, 9.17) is 4.74 Å². The molecule has 6 nitrogen and oxygen atoms in total. The van der Waals surface area contributed by atoms with Crippen molar-refractivity contribution in [1.82, 2.24) is 14.9 Å². The van der Waals surface area contributed by atoms with Gasteiger partial charge in [0.1, 0.15) is 5.83 Å². The molecule has 2 atom stereocenters. The normalized spacial score (nSPS) is 29.4. The molecule has 2 fully saturated rings. The molecule has 0 radical (unpaired) electrons. The zero-order valence-corrected chi connectivity index (χ0v) is 13.8. The van der Waals surface area contributed by atoms with E-state index in [-0.39, 0.29) is 24.2 Å². The molecule has 134 valence electrons. The molecule has 0 saturated carbocycles. The summed E-state index contributed by atoms with van der Waals surface area (Å²) in [6.45, 7) is 2.59. The van der Waals surface area contributed by atoms with E-state index in [1.54, 1.807) is 4.90 Å². The summed E-state index contributed by atoms with van der Waals surface area (Å²) in [5.74, 6) is -0.362. The van der Waals surface area contributed by atoms with E-state index in [1.807, 2.05) is 4.90 Å². The van der Waals surface area contributed by atoms with Gasteiger partial charge in [0.05, 0.1) is 31.0 Å². The number of carbonyl (C=O) groups excluding carboxylic acids is 1. The standard InChI is InChI=1S/C17H20F2N4O2/c18-13-2-1-4-22(9-13)15(24)17-3-5-25-10-12(17)8-23(11-17)16-20-6-14(19)7-21-16/h2,6-7,12H,1,3-5,8-11H2. The molecule has 2 saturated heterocycles. The Morgan fingerprint density at radius 1 is 1.32 bits per heavy atom. The van der Waals surface area contributed by atoms with Crippen molar-refractivity contribution in [1.29, 1.82) is 0 Å². The van der Waals surface area contributed by atoms with Crippen LogP contribution < -0.4 is 4.90 Å². The lowest BCUT2D eigenvalue weighted by molar-refractivity contribution is -0.150. The molecule has 4 heterocycles. The number of anilines is 1. The van der Waals surface area contributed by atoms with Gasteiger partial charge in [0.2, 0.25) is 11.9 Å². The number of nitrogens with zero attached hydrogens (tertiary/aromatic N) is 4. The summed E-state index contributed by atoms with van der Waals surface area (Å²) >= 11 is 0. The van der Waals surface area contributed by atoms with Crippen molar-refractivity contribution < 1.29 is 18.3 Å². The van der Waals surface area contributed by atoms with Crippen LogP contribution in [0.4, 0.5) is 14.7 Å². The van der Waals surface area contributed by atoms with E-state index < -0.39 is 11.2 Å². The minimum absolute atomic E-state index is 0.00336. The smallest absolute Gasteiger partial charge is 0.231 e. The third kappa shape index (κ3) is 2.88. The number of amides is 1. The van der Waals surface area contributed by atoms with Gasteiger partial charge in [-0.25, -0.2) is 18.7 Å². The molecule has 3 aliphatic heterocycles. The van der Waals surface area contributed by atoms with Crippen molar-refractivity contribution in [3.05, 3.63) is 30.1 Å². The third-order valence-electron chi connectivity index (χ3n) is 5.42. The Kier molecular flexibility index (Phi) is 4.15. The zero-order valence-electron chi connectivity index (χ0n) is 13.8. The maximum atomic E-state index is 13.7. The van der Waals surface area contributed by atoms with Gasteiger partial charge in [-0.1, -0.05) is 0 Å². The number of halogens is 2. The van der Waals surface area contributed by atoms with Gasteiger partial charge in [-0.3, -0.25) is 4.79 Å². The first kappa shape index (κ1) is 16.4. The fourth-order valence-corrected chi connectivity index (χ4v) is 4.11. The van der Waals surface area contributed by atoms with Crippen LogP contribution in [0, 0.1) is 17.2 Å². The second-order valence-corrected chi connectivity index (χ2v) is 6.93. The van der Waals surface area contributed by atoms with Gasteiger partial charge >= 0.3 is 0 Å². The Hall–Kier alpha value is -2.09. The quantitative estimate of drug-likeness (QED) is 0.810. The Labute approximate surface area is 144 Å². The minimum atomic E-state index is -0.617. The van der Waals surface area contributed by atoms with Crippen LogP contribution >= 0.6 is 0 Å². The average Bonchev–Trinajstić information content (AvgIpc) is 3.02. The summed E-state index contributed by atoms with van der Waals surface area (Å²) in [5.41, 5.74) is -0.617. The van der Waals surface area contributed by atoms with Crippen molar-refractivity contribution in [3.63, 3.8) is 0 Å². The lowest BCUT2D eigenvalue weighted by Gasteiger charge is -2.41. The molecule has 0 spiro atoms. The topological polar surface area (TPSA) is 58.6 Å². The van der Waals surface area contributed by atoms with Crippen molar-refractivity contribution in [2.75, 3.05) is 44.3 Å². The molecule has 0 bridgehead atoms. The van der Waals surface area contributed by atoms with E-state index in [0.717, 1.165) is 12.4 Å². The number of fused-ring (bicyclic) bond motifs is 1. The van der Waals surface area contributed by atoms with Crippen LogP contribution in [0.25, 0.3) is 0 Å². The van der Waals surface area contributed by atoms with Gasteiger partial charge in [-0.15, -0.1) is 0 Å². The van der Waals surface area contributed by atoms with Gasteiger partial charge in [0.15, 0.2) is 5.82 Å². The molecule has 0 N–H and O–H groups in total. The van der Waals surface area contributed by atoms with Crippen LogP contribution in [0.5, 0.6) is 0 Å². The van der Waals surface area contributed by atoms with Gasteiger partial charge < -0.3 is 14.5 Å². The highest BCUT2D eigenvalue weighted by molar-refractivity contribution is 5.85. The largest absolute Gasteiger partial charge is 0.381 e. The fraction of sp³-hybridized carbons (Fsp3) is 0.588. The number of hydrogen-bond donors (Lipinski definition) is 0. The predicted molar refractivity (Wildman–Crippen MR) is 86.0 cm³/mol. The number of ether oxygens (including phenoxy) is 1. The first-order valence-corrected chi connectivity index (χ1v) is 8.53. The Morgan fingerprint density at radius 2 is 2.12 bits per heavy atom. The van der Waals surface area contributed by atoms with Crippen molar-refractivity contribution in [2.24, 2.45) is 11.3 Å². The molecule has 1 amide bonds. The first-order chi connectivity index (χ1) is 12.1. The van der Waals surface area contributed by atoms with Gasteiger partial charge in [-0.05, 0) is 18.9 Å². The molecule has 3 aliphatic rings. The van der Waals surface area contributed by atoms with Gasteiger partial charge in [0.25, 0.3) is 0 Å². The lowest BCUT2D eigenvalue weighted by Crippen LogP contribution is -2.53. The van der Waals surface area contributed by atoms with Crippen LogP contribution in [-0.2, 0) is 9.53 Å². The van der Waals surface area contributed by atoms with Crippen LogP contribution in [-0.4, -0.2) is 60.2 Å². The van der Waals surface area contributed by atoms with Crippen molar-refractivity contribution in [3.8, 4) is 0 Å². The average molecular weight is 350 g/mol. The van der Waals surface area contributed by atoms with Crippen molar-refractivity contribution >= 4 is 11.9 Å². The molecule has 2 unspecified atom stereocenters. The van der Waals surface area contributed by atoms with Crippen LogP contribution in [0.15, 0.2) is 24.3 Å². The summed E-state index contributed by atoms with van der Waals surface area (Å²) < 4.78 is 32.3. The fourth-order valence-electron chi connectivity index (χ4n) is 4.11. The first-order valence-electron chi connectivity index (χ1n) is 8.53. The Bertz CT molecular complexity index is 696. The zero-order chi connectivity index (χ0) is 17.4. The van der Waals surface area contributed by atoms with Crippen LogP contribution in [0.1, 0.15) is 12.8 Å². The van der Waals surface area contributed by atoms with E-state index >= 15 is 0 Å². The summed E-state index contributed by atoms with van der Waals surface area (Å²) in [6.07, 6.45) is 4.92. The second kappa shape index (κ2) is 6.33. The minimum Gasteiger partial charge on any atom is -0.381 e. The molecular weight excluding hydrogens is 330 g/mol. The predicted octanol–water partition coefficient (Wildman–Crippen LogP) is 1.54. The SMILES string of the molecule is O=C(N1CCC=C(F)C1)C12CCOCC1CN(c1ncc(F)cn1)C2. The molecule has 1 aromatic heterocycles. The highest BCUT2D eigenvalue weighted by atomic mass is 19.1. The lowest BCUT2D eigenvalue weighted by atomic mass is 9.73. The van der Waals surface area contributed by atoms with Crippen LogP contribution in [0.3, 0.4) is 0 Å². The summed E-state index contributed by atoms with van der Waals surface area (Å²) in [5, 5.41) is 0. The third-order valence-corrected chi connectivity index (χ3v) is 5.42. The molecule has 8 heteroatoms. The summed E-state index contributed by atoms with van der Waals surface area (Å²) in [4.78, 5) is 24.9. The number of rotatable bonds is 2. The Balaban J connectivity index is 1.60. The van der Waals surface area contributed by atoms with Crippen molar-refractivity contribution in [2.45, 2.75) is 12.8 Å².